The van der Waals surface area contributed by atoms with Crippen LogP contribution in [-0.4, -0.2) is 22.8 Å². The number of rotatable bonds is 7. The molecule has 1 aromatic rings. The van der Waals surface area contributed by atoms with Crippen molar-refractivity contribution in [2.75, 3.05) is 7.11 Å². The zero-order valence-electron chi connectivity index (χ0n) is 10.8. The first-order valence-electron chi connectivity index (χ1n) is 6.12. The van der Waals surface area contributed by atoms with E-state index in [9.17, 15) is 9.59 Å². The number of aromatic carboxylic acids is 1. The van der Waals surface area contributed by atoms with Gasteiger partial charge in [0.15, 0.2) is 5.75 Å². The van der Waals surface area contributed by atoms with Crippen LogP contribution in [0, 0.1) is 0 Å². The molecule has 0 saturated carbocycles. The van der Waals surface area contributed by atoms with E-state index in [1.165, 1.54) is 13.3 Å². The number of ether oxygens (including phenoxy) is 1. The molecule has 0 aromatic carbocycles. The van der Waals surface area contributed by atoms with Gasteiger partial charge in [-0.2, -0.15) is 0 Å². The molecule has 0 amide bonds. The number of pyridine rings is 1. The Balaban J connectivity index is 2.92. The fourth-order valence-corrected chi connectivity index (χ4v) is 1.78. The summed E-state index contributed by atoms with van der Waals surface area (Å²) in [5.74, 6) is -0.916. The van der Waals surface area contributed by atoms with Crippen LogP contribution in [0.1, 0.15) is 43.1 Å². The molecule has 0 aliphatic heterocycles. The lowest BCUT2D eigenvalue weighted by Gasteiger charge is -2.11. The summed E-state index contributed by atoms with van der Waals surface area (Å²) in [4.78, 5) is 22.6. The lowest BCUT2D eigenvalue weighted by atomic mass is 10.2. The fourth-order valence-electron chi connectivity index (χ4n) is 1.78. The van der Waals surface area contributed by atoms with E-state index in [0.717, 1.165) is 31.7 Å². The summed E-state index contributed by atoms with van der Waals surface area (Å²) in [6.45, 7) is 2.70. The van der Waals surface area contributed by atoms with Crippen LogP contribution in [0.15, 0.2) is 17.1 Å². The predicted octanol–water partition coefficient (Wildman–Crippen LogP) is 2.14. The first kappa shape index (κ1) is 14.3. The number of hydrogen-bond donors (Lipinski definition) is 1. The molecule has 18 heavy (non-hydrogen) atoms. The number of carbonyl (C=O) groups is 1. The summed E-state index contributed by atoms with van der Waals surface area (Å²) in [5, 5.41) is 9.06. The summed E-state index contributed by atoms with van der Waals surface area (Å²) in [6.07, 6.45) is 5.65. The molecule has 1 N–H and O–H groups in total. The molecular formula is C13H19NO4. The average Bonchev–Trinajstić information content (AvgIpc) is 2.35. The highest BCUT2D eigenvalue weighted by molar-refractivity contribution is 5.85. The number of unbranched alkanes of at least 4 members (excludes halogenated alkanes) is 3. The van der Waals surface area contributed by atoms with Crippen molar-refractivity contribution in [3.05, 3.63) is 28.2 Å². The van der Waals surface area contributed by atoms with Crippen LogP contribution >= 0.6 is 0 Å². The van der Waals surface area contributed by atoms with Gasteiger partial charge >= 0.3 is 5.97 Å². The van der Waals surface area contributed by atoms with Gasteiger partial charge in [0.25, 0.3) is 0 Å². The van der Waals surface area contributed by atoms with Gasteiger partial charge in [0.1, 0.15) is 5.69 Å². The Hall–Kier alpha value is -1.78. The Morgan fingerprint density at radius 1 is 1.39 bits per heavy atom. The zero-order valence-corrected chi connectivity index (χ0v) is 10.8. The van der Waals surface area contributed by atoms with Gasteiger partial charge in [0, 0.05) is 12.6 Å². The van der Waals surface area contributed by atoms with Crippen molar-refractivity contribution < 1.29 is 14.6 Å². The molecule has 5 heteroatoms. The van der Waals surface area contributed by atoms with Gasteiger partial charge in [-0.3, -0.25) is 4.79 Å². The van der Waals surface area contributed by atoms with E-state index in [1.54, 1.807) is 4.57 Å². The molecule has 0 saturated heterocycles. The maximum absolute atomic E-state index is 11.5. The Kier molecular flexibility index (Phi) is 5.42. The van der Waals surface area contributed by atoms with E-state index in [2.05, 4.69) is 6.92 Å². The van der Waals surface area contributed by atoms with Crippen molar-refractivity contribution in [2.45, 2.75) is 39.2 Å². The van der Waals surface area contributed by atoms with Gasteiger partial charge in [-0.15, -0.1) is 0 Å². The van der Waals surface area contributed by atoms with Crippen molar-refractivity contribution in [3.8, 4) is 5.75 Å². The summed E-state index contributed by atoms with van der Waals surface area (Å²) in [5.41, 5.74) is -0.392. The standard InChI is InChI=1S/C13H19NO4/c1-3-4-5-6-7-14-9-12(18-2)11(15)8-10(14)13(16)17/h8-9H,3-7H2,1-2H3,(H,16,17). The van der Waals surface area contributed by atoms with E-state index in [4.69, 9.17) is 9.84 Å². The number of hydrogen-bond acceptors (Lipinski definition) is 3. The lowest BCUT2D eigenvalue weighted by Crippen LogP contribution is -2.18. The number of carboxylic acid groups (broad SMARTS) is 1. The van der Waals surface area contributed by atoms with E-state index >= 15 is 0 Å². The average molecular weight is 253 g/mol. The van der Waals surface area contributed by atoms with Crippen LogP contribution in [0.25, 0.3) is 0 Å². The molecule has 100 valence electrons. The van der Waals surface area contributed by atoms with Crippen LogP contribution in [-0.2, 0) is 6.54 Å². The molecule has 0 aliphatic carbocycles. The molecule has 0 fully saturated rings. The molecule has 0 atom stereocenters. The first-order chi connectivity index (χ1) is 8.60. The van der Waals surface area contributed by atoms with Crippen LogP contribution in [0.2, 0.25) is 0 Å². The van der Waals surface area contributed by atoms with Gasteiger partial charge in [-0.25, -0.2) is 4.79 Å². The zero-order chi connectivity index (χ0) is 13.5. The Morgan fingerprint density at radius 3 is 2.67 bits per heavy atom. The number of methoxy groups -OCH3 is 1. The van der Waals surface area contributed by atoms with Crippen LogP contribution in [0.3, 0.4) is 0 Å². The second kappa shape index (κ2) is 6.83. The second-order valence-electron chi connectivity index (χ2n) is 4.15. The van der Waals surface area contributed by atoms with E-state index in [-0.39, 0.29) is 11.4 Å². The number of carboxylic acids is 1. The van der Waals surface area contributed by atoms with Gasteiger partial charge in [-0.05, 0) is 6.42 Å². The Bertz CT molecular complexity index is 465. The summed E-state index contributed by atoms with van der Waals surface area (Å²) < 4.78 is 6.49. The Labute approximate surface area is 106 Å². The highest BCUT2D eigenvalue weighted by Gasteiger charge is 2.12. The molecule has 0 radical (unpaired) electrons. The van der Waals surface area contributed by atoms with Crippen molar-refractivity contribution in [1.82, 2.24) is 4.57 Å². The minimum Gasteiger partial charge on any atom is -0.491 e. The van der Waals surface area contributed by atoms with Crippen LogP contribution in [0.5, 0.6) is 5.75 Å². The van der Waals surface area contributed by atoms with E-state index in [1.807, 2.05) is 0 Å². The predicted molar refractivity (Wildman–Crippen MR) is 68.4 cm³/mol. The van der Waals surface area contributed by atoms with Gasteiger partial charge in [0.05, 0.1) is 13.3 Å². The highest BCUT2D eigenvalue weighted by Crippen LogP contribution is 2.09. The number of aromatic nitrogens is 1. The third-order valence-electron chi connectivity index (χ3n) is 2.78. The molecular weight excluding hydrogens is 234 g/mol. The molecule has 0 aliphatic rings. The van der Waals surface area contributed by atoms with Crippen LogP contribution in [0.4, 0.5) is 0 Å². The first-order valence-corrected chi connectivity index (χ1v) is 6.12. The Morgan fingerprint density at radius 2 is 2.11 bits per heavy atom. The van der Waals surface area contributed by atoms with Crippen molar-refractivity contribution in [1.29, 1.82) is 0 Å². The lowest BCUT2D eigenvalue weighted by molar-refractivity contribution is 0.0683. The number of aryl methyl sites for hydroxylation is 1. The maximum atomic E-state index is 11.5. The normalized spacial score (nSPS) is 10.3. The topological polar surface area (TPSA) is 68.5 Å². The maximum Gasteiger partial charge on any atom is 0.352 e. The molecule has 1 rings (SSSR count). The van der Waals surface area contributed by atoms with Gasteiger partial charge < -0.3 is 14.4 Å². The van der Waals surface area contributed by atoms with Gasteiger partial charge in [-0.1, -0.05) is 26.2 Å². The fraction of sp³-hybridized carbons (Fsp3) is 0.538. The summed E-state index contributed by atoms with van der Waals surface area (Å²) >= 11 is 0. The third kappa shape index (κ3) is 3.61. The largest absolute Gasteiger partial charge is 0.491 e. The highest BCUT2D eigenvalue weighted by atomic mass is 16.5. The summed E-state index contributed by atoms with van der Waals surface area (Å²) in [7, 11) is 1.40. The molecule has 5 nitrogen and oxygen atoms in total. The minimum atomic E-state index is -1.09. The number of nitrogens with zero attached hydrogens (tertiary/aromatic N) is 1. The van der Waals surface area contributed by atoms with Crippen molar-refractivity contribution in [2.24, 2.45) is 0 Å². The van der Waals surface area contributed by atoms with E-state index < -0.39 is 11.4 Å². The smallest absolute Gasteiger partial charge is 0.352 e. The quantitative estimate of drug-likeness (QED) is 0.756. The molecule has 1 heterocycles. The molecule has 0 unspecified atom stereocenters. The van der Waals surface area contributed by atoms with Crippen LogP contribution < -0.4 is 10.2 Å². The van der Waals surface area contributed by atoms with Crippen molar-refractivity contribution >= 4 is 5.97 Å². The third-order valence-corrected chi connectivity index (χ3v) is 2.78. The molecule has 0 spiro atoms. The summed E-state index contributed by atoms with van der Waals surface area (Å²) in [6, 6.07) is 1.11. The van der Waals surface area contributed by atoms with Gasteiger partial charge in [0.2, 0.25) is 5.43 Å². The molecule has 1 aromatic heterocycles. The SMILES string of the molecule is CCCCCCn1cc(OC)c(=O)cc1C(=O)O. The monoisotopic (exact) mass is 253 g/mol. The minimum absolute atomic E-state index is 0.0114. The molecule has 0 bridgehead atoms. The second-order valence-corrected chi connectivity index (χ2v) is 4.15. The van der Waals surface area contributed by atoms with Crippen molar-refractivity contribution in [3.63, 3.8) is 0 Å². The van der Waals surface area contributed by atoms with E-state index in [0.29, 0.717) is 6.54 Å².